The predicted octanol–water partition coefficient (Wildman–Crippen LogP) is 2.86. The number of nitrogens with zero attached hydrogens (tertiary/aromatic N) is 1. The third kappa shape index (κ3) is 3.04. The molecule has 0 aliphatic carbocycles. The molecule has 0 aliphatic rings. The number of carbonyl (C=O) groups excluding carboxylic acids is 1. The van der Waals surface area contributed by atoms with Crippen molar-refractivity contribution in [3.05, 3.63) is 21.8 Å². The van der Waals surface area contributed by atoms with Crippen LogP contribution in [0.5, 0.6) is 5.75 Å². The number of hydrogen-bond donors (Lipinski definition) is 0. The molecule has 0 N–H and O–H groups in total. The van der Waals surface area contributed by atoms with Gasteiger partial charge in [-0.2, -0.15) is 13.8 Å². The lowest BCUT2D eigenvalue weighted by Gasteiger charge is -2.06. The molecule has 1 rings (SSSR count). The second-order valence-corrected chi connectivity index (χ2v) is 3.36. The molecule has 0 unspecified atom stereocenters. The molecule has 0 saturated carbocycles. The summed E-state index contributed by atoms with van der Waals surface area (Å²) in [7, 11) is 0. The van der Waals surface area contributed by atoms with E-state index in [0.717, 1.165) is 0 Å². The monoisotopic (exact) mass is 311 g/mol. The molecule has 0 bridgehead atoms. The number of benzene rings is 1. The molecule has 0 heterocycles. The number of ether oxygens (including phenoxy) is 1. The van der Waals surface area contributed by atoms with Crippen LogP contribution in [-0.2, 0) is 4.79 Å². The first-order valence-corrected chi connectivity index (χ1v) is 4.53. The molecule has 0 radical (unpaired) electrons. The van der Waals surface area contributed by atoms with Crippen LogP contribution in [0.1, 0.15) is 0 Å². The molecule has 0 aromatic heterocycles. The van der Waals surface area contributed by atoms with Gasteiger partial charge in [-0.15, -0.1) is 0 Å². The first-order chi connectivity index (χ1) is 6.63. The van der Waals surface area contributed by atoms with Gasteiger partial charge >= 0.3 is 6.61 Å². The van der Waals surface area contributed by atoms with Gasteiger partial charge in [-0.25, -0.2) is 4.79 Å². The summed E-state index contributed by atoms with van der Waals surface area (Å²) in [5.74, 6) is 0.0606. The smallest absolute Gasteiger partial charge is 0.387 e. The molecular formula is C8H4F2INO2. The van der Waals surface area contributed by atoms with Crippen LogP contribution < -0.4 is 4.74 Å². The van der Waals surface area contributed by atoms with Gasteiger partial charge in [0.25, 0.3) is 0 Å². The highest BCUT2D eigenvalue weighted by Gasteiger charge is 2.08. The molecule has 0 fully saturated rings. The number of rotatable bonds is 3. The van der Waals surface area contributed by atoms with Gasteiger partial charge in [-0.3, -0.25) is 0 Å². The summed E-state index contributed by atoms with van der Waals surface area (Å²) in [6.07, 6.45) is 1.35. The Morgan fingerprint density at radius 2 is 2.21 bits per heavy atom. The largest absolute Gasteiger partial charge is 0.434 e. The maximum atomic E-state index is 11.8. The zero-order chi connectivity index (χ0) is 10.6. The summed E-state index contributed by atoms with van der Waals surface area (Å²) in [6.45, 7) is -2.86. The van der Waals surface area contributed by atoms with E-state index in [0.29, 0.717) is 9.26 Å². The van der Waals surface area contributed by atoms with Crippen LogP contribution in [0, 0.1) is 3.57 Å². The van der Waals surface area contributed by atoms with Crippen molar-refractivity contribution in [1.82, 2.24) is 0 Å². The summed E-state index contributed by atoms with van der Waals surface area (Å²) in [5, 5.41) is 0. The van der Waals surface area contributed by atoms with Crippen LogP contribution in [0.25, 0.3) is 0 Å². The number of isocyanates is 1. The van der Waals surface area contributed by atoms with E-state index >= 15 is 0 Å². The Hall–Kier alpha value is -1.01. The number of hydrogen-bond acceptors (Lipinski definition) is 3. The molecule has 14 heavy (non-hydrogen) atoms. The molecule has 74 valence electrons. The Bertz CT molecular complexity index is 378. The highest BCUT2D eigenvalue weighted by Crippen LogP contribution is 2.26. The van der Waals surface area contributed by atoms with Gasteiger partial charge in [0.1, 0.15) is 5.75 Å². The van der Waals surface area contributed by atoms with Crippen molar-refractivity contribution in [2.45, 2.75) is 6.61 Å². The molecule has 3 nitrogen and oxygen atoms in total. The van der Waals surface area contributed by atoms with E-state index in [1.165, 1.54) is 24.3 Å². The molecule has 1 aromatic rings. The number of alkyl halides is 2. The molecule has 0 atom stereocenters. The van der Waals surface area contributed by atoms with E-state index in [2.05, 4.69) is 9.73 Å². The van der Waals surface area contributed by atoms with E-state index in [1.807, 2.05) is 22.6 Å². The van der Waals surface area contributed by atoms with Crippen LogP contribution in [0.2, 0.25) is 0 Å². The summed E-state index contributed by atoms with van der Waals surface area (Å²) in [5.41, 5.74) is 0.353. The van der Waals surface area contributed by atoms with Crippen molar-refractivity contribution in [2.75, 3.05) is 0 Å². The molecule has 0 spiro atoms. The third-order valence-electron chi connectivity index (χ3n) is 1.31. The topological polar surface area (TPSA) is 38.7 Å². The lowest BCUT2D eigenvalue weighted by Crippen LogP contribution is -2.02. The normalized spacial score (nSPS) is 9.71. The Labute approximate surface area is 91.9 Å². The fourth-order valence-electron chi connectivity index (χ4n) is 0.804. The quantitative estimate of drug-likeness (QED) is 0.489. The highest BCUT2D eigenvalue weighted by atomic mass is 127. The standard InChI is InChI=1S/C8H4F2INO2/c9-8(10)14-7-2-1-5(12-4-13)3-6(7)11/h1-3,8H. The lowest BCUT2D eigenvalue weighted by atomic mass is 10.3. The maximum Gasteiger partial charge on any atom is 0.387 e. The van der Waals surface area contributed by atoms with Crippen molar-refractivity contribution in [1.29, 1.82) is 0 Å². The average Bonchev–Trinajstić information content (AvgIpc) is 2.10. The molecule has 1 aromatic carbocycles. The van der Waals surface area contributed by atoms with Gasteiger partial charge in [-0.1, -0.05) is 0 Å². The summed E-state index contributed by atoms with van der Waals surface area (Å²) in [6, 6.07) is 4.16. The highest BCUT2D eigenvalue weighted by molar-refractivity contribution is 14.1. The Morgan fingerprint density at radius 1 is 1.50 bits per heavy atom. The van der Waals surface area contributed by atoms with Gasteiger partial charge < -0.3 is 4.74 Å². The van der Waals surface area contributed by atoms with Crippen LogP contribution in [0.4, 0.5) is 14.5 Å². The average molecular weight is 311 g/mol. The van der Waals surface area contributed by atoms with E-state index < -0.39 is 6.61 Å². The molecule has 0 amide bonds. The Balaban J connectivity index is 2.95. The van der Waals surface area contributed by atoms with E-state index in [4.69, 9.17) is 0 Å². The minimum Gasteiger partial charge on any atom is -0.434 e. The van der Waals surface area contributed by atoms with Crippen LogP contribution >= 0.6 is 22.6 Å². The van der Waals surface area contributed by atoms with E-state index in [-0.39, 0.29) is 5.75 Å². The number of aliphatic imine (C=N–C) groups is 1. The first kappa shape index (κ1) is 11.1. The van der Waals surface area contributed by atoms with Crippen LogP contribution in [0.3, 0.4) is 0 Å². The van der Waals surface area contributed by atoms with Gasteiger partial charge in [0.05, 0.1) is 9.26 Å². The summed E-state index contributed by atoms with van der Waals surface area (Å²) in [4.78, 5) is 13.2. The molecule has 0 saturated heterocycles. The minimum absolute atomic E-state index is 0.0606. The molecule has 6 heteroatoms. The SMILES string of the molecule is O=C=Nc1ccc(OC(F)F)c(I)c1. The molecular weight excluding hydrogens is 307 g/mol. The second-order valence-electron chi connectivity index (χ2n) is 2.20. The third-order valence-corrected chi connectivity index (χ3v) is 2.15. The van der Waals surface area contributed by atoms with Crippen LogP contribution in [-0.4, -0.2) is 12.7 Å². The lowest BCUT2D eigenvalue weighted by molar-refractivity contribution is -0.0504. The van der Waals surface area contributed by atoms with Gasteiger partial charge in [0.15, 0.2) is 0 Å². The van der Waals surface area contributed by atoms with Crippen molar-refractivity contribution >= 4 is 34.4 Å². The molecule has 0 aliphatic heterocycles. The van der Waals surface area contributed by atoms with Crippen molar-refractivity contribution in [3.8, 4) is 5.75 Å². The first-order valence-electron chi connectivity index (χ1n) is 3.45. The maximum absolute atomic E-state index is 11.8. The summed E-state index contributed by atoms with van der Waals surface area (Å²) < 4.78 is 28.3. The van der Waals surface area contributed by atoms with Crippen LogP contribution in [0.15, 0.2) is 23.2 Å². The fourth-order valence-corrected chi connectivity index (χ4v) is 1.43. The van der Waals surface area contributed by atoms with Crippen molar-refractivity contribution < 1.29 is 18.3 Å². The van der Waals surface area contributed by atoms with Crippen molar-refractivity contribution in [3.63, 3.8) is 0 Å². The zero-order valence-electron chi connectivity index (χ0n) is 6.71. The zero-order valence-corrected chi connectivity index (χ0v) is 8.86. The summed E-state index contributed by atoms with van der Waals surface area (Å²) >= 11 is 1.81. The van der Waals surface area contributed by atoms with Gasteiger partial charge in [0.2, 0.25) is 6.08 Å². The van der Waals surface area contributed by atoms with Gasteiger partial charge in [0, 0.05) is 0 Å². The Kier molecular flexibility index (Phi) is 3.97. The predicted molar refractivity (Wildman–Crippen MR) is 53.6 cm³/mol. The van der Waals surface area contributed by atoms with Crippen molar-refractivity contribution in [2.24, 2.45) is 4.99 Å². The second kappa shape index (κ2) is 5.02. The fraction of sp³-hybridized carbons (Fsp3) is 0.125. The number of halogens is 3. The van der Waals surface area contributed by atoms with E-state index in [1.54, 1.807) is 0 Å². The van der Waals surface area contributed by atoms with Gasteiger partial charge in [-0.05, 0) is 40.8 Å². The van der Waals surface area contributed by atoms with E-state index in [9.17, 15) is 13.6 Å². The minimum atomic E-state index is -2.86. The Morgan fingerprint density at radius 3 is 2.71 bits per heavy atom.